The average Bonchev–Trinajstić information content (AvgIpc) is 2.75. The van der Waals surface area contributed by atoms with Gasteiger partial charge in [-0.25, -0.2) is 10.2 Å². The Balaban J connectivity index is 2.25. The maximum Gasteiger partial charge on any atom is 0.267 e. The minimum Gasteiger partial charge on any atom is -0.277 e. The Kier molecular flexibility index (Phi) is 6.07. The van der Waals surface area contributed by atoms with Crippen molar-refractivity contribution in [3.63, 3.8) is 0 Å². The Bertz CT molecular complexity index is 757. The molecule has 122 valence electrons. The van der Waals surface area contributed by atoms with E-state index in [2.05, 4.69) is 15.4 Å². The second kappa shape index (κ2) is 7.84. The summed E-state index contributed by atoms with van der Waals surface area (Å²) >= 11 is 18.4. The largest absolute Gasteiger partial charge is 0.277 e. The monoisotopic (exact) mass is 373 g/mol. The highest BCUT2D eigenvalue weighted by molar-refractivity contribution is 6.35. The Morgan fingerprint density at radius 2 is 2.13 bits per heavy atom. The van der Waals surface area contributed by atoms with Gasteiger partial charge in [0.1, 0.15) is 5.15 Å². The number of carbonyl (C=O) groups is 1. The molecular formula is C15H14Cl3N3O2. The molecule has 1 N–H and O–H groups in total. The molecule has 0 radical (unpaired) electrons. The van der Waals surface area contributed by atoms with E-state index in [-0.39, 0.29) is 0 Å². The molecule has 1 aromatic heterocycles. The second-order valence-electron chi connectivity index (χ2n) is 4.69. The van der Waals surface area contributed by atoms with Crippen LogP contribution < -0.4 is 5.48 Å². The van der Waals surface area contributed by atoms with Gasteiger partial charge in [0, 0.05) is 21.7 Å². The maximum atomic E-state index is 11.4. The van der Waals surface area contributed by atoms with Crippen LogP contribution in [0, 0.1) is 6.92 Å². The van der Waals surface area contributed by atoms with Crippen molar-refractivity contribution in [1.82, 2.24) is 15.3 Å². The zero-order chi connectivity index (χ0) is 17.0. The highest BCUT2D eigenvalue weighted by Crippen LogP contribution is 2.26. The predicted octanol–water partition coefficient (Wildman–Crippen LogP) is 3.89. The van der Waals surface area contributed by atoms with Gasteiger partial charge in [0.2, 0.25) is 0 Å². The highest BCUT2D eigenvalue weighted by Gasteiger charge is 2.13. The smallest absolute Gasteiger partial charge is 0.267 e. The van der Waals surface area contributed by atoms with E-state index in [1.165, 1.54) is 13.2 Å². The normalized spacial score (nSPS) is 11.2. The van der Waals surface area contributed by atoms with Crippen LogP contribution >= 0.6 is 34.8 Å². The highest BCUT2D eigenvalue weighted by atomic mass is 35.5. The summed E-state index contributed by atoms with van der Waals surface area (Å²) in [7, 11) is 1.36. The summed E-state index contributed by atoms with van der Waals surface area (Å²) in [4.78, 5) is 15.9. The number of rotatable bonds is 5. The fraction of sp³-hybridized carbons (Fsp3) is 0.200. The van der Waals surface area contributed by atoms with Crippen molar-refractivity contribution in [1.29, 1.82) is 0 Å². The molecule has 1 heterocycles. The van der Waals surface area contributed by atoms with E-state index in [4.69, 9.17) is 34.8 Å². The van der Waals surface area contributed by atoms with Crippen molar-refractivity contribution >= 4 is 46.8 Å². The number of carbonyl (C=O) groups excluding carboxylic acids is 1. The molecule has 0 spiro atoms. The summed E-state index contributed by atoms with van der Waals surface area (Å²) in [5, 5.41) is 5.89. The SMILES string of the molecule is CONC(=O)C=Cc1c(C)nn(Cc2ccc(Cl)cc2Cl)c1Cl. The molecule has 5 nitrogen and oxygen atoms in total. The lowest BCUT2D eigenvalue weighted by Crippen LogP contribution is -2.18. The average molecular weight is 375 g/mol. The van der Waals surface area contributed by atoms with Crippen LogP contribution in [0.1, 0.15) is 16.8 Å². The molecule has 1 aromatic carbocycles. The lowest BCUT2D eigenvalue weighted by atomic mass is 10.2. The summed E-state index contributed by atoms with van der Waals surface area (Å²) in [6, 6.07) is 5.24. The van der Waals surface area contributed by atoms with Crippen LogP contribution in [0.5, 0.6) is 0 Å². The van der Waals surface area contributed by atoms with Crippen LogP contribution in [-0.2, 0) is 16.2 Å². The van der Waals surface area contributed by atoms with Gasteiger partial charge >= 0.3 is 0 Å². The molecule has 0 aliphatic rings. The fourth-order valence-electron chi connectivity index (χ4n) is 1.97. The first-order valence-corrected chi connectivity index (χ1v) is 7.73. The number of amides is 1. The summed E-state index contributed by atoms with van der Waals surface area (Å²) < 4.78 is 1.61. The number of hydrogen-bond acceptors (Lipinski definition) is 3. The molecule has 8 heteroatoms. The number of aryl methyl sites for hydroxylation is 1. The van der Waals surface area contributed by atoms with Gasteiger partial charge in [-0.15, -0.1) is 0 Å². The maximum absolute atomic E-state index is 11.4. The number of hydroxylamine groups is 1. The van der Waals surface area contributed by atoms with Crippen molar-refractivity contribution in [2.45, 2.75) is 13.5 Å². The van der Waals surface area contributed by atoms with Crippen LogP contribution in [0.25, 0.3) is 6.08 Å². The third-order valence-electron chi connectivity index (χ3n) is 3.05. The van der Waals surface area contributed by atoms with Crippen molar-refractivity contribution in [3.8, 4) is 0 Å². The summed E-state index contributed by atoms with van der Waals surface area (Å²) in [6.07, 6.45) is 2.90. The minimum atomic E-state index is -0.392. The fourth-order valence-corrected chi connectivity index (χ4v) is 2.73. The lowest BCUT2D eigenvalue weighted by Gasteiger charge is -2.06. The zero-order valence-corrected chi connectivity index (χ0v) is 14.7. The first-order chi connectivity index (χ1) is 10.9. The van der Waals surface area contributed by atoms with Gasteiger partial charge in [-0.05, 0) is 30.7 Å². The van der Waals surface area contributed by atoms with Crippen molar-refractivity contribution in [2.24, 2.45) is 0 Å². The van der Waals surface area contributed by atoms with Crippen LogP contribution in [0.3, 0.4) is 0 Å². The van der Waals surface area contributed by atoms with Crippen LogP contribution in [0.4, 0.5) is 0 Å². The molecule has 0 atom stereocenters. The summed E-state index contributed by atoms with van der Waals surface area (Å²) in [5.74, 6) is -0.392. The topological polar surface area (TPSA) is 56.1 Å². The van der Waals surface area contributed by atoms with Crippen LogP contribution in [0.15, 0.2) is 24.3 Å². The molecule has 1 amide bonds. The number of nitrogens with zero attached hydrogens (tertiary/aromatic N) is 2. The Morgan fingerprint density at radius 1 is 1.39 bits per heavy atom. The quantitative estimate of drug-likeness (QED) is 0.638. The number of benzene rings is 1. The van der Waals surface area contributed by atoms with Crippen LogP contribution in [-0.4, -0.2) is 22.8 Å². The number of hydrogen-bond donors (Lipinski definition) is 1. The number of nitrogens with one attached hydrogen (secondary N) is 1. The molecule has 0 saturated carbocycles. The lowest BCUT2D eigenvalue weighted by molar-refractivity contribution is -0.126. The van der Waals surface area contributed by atoms with E-state index in [9.17, 15) is 4.79 Å². The molecule has 0 aliphatic carbocycles. The van der Waals surface area contributed by atoms with Gasteiger partial charge in [-0.2, -0.15) is 5.10 Å². The van der Waals surface area contributed by atoms with E-state index in [0.29, 0.717) is 33.0 Å². The van der Waals surface area contributed by atoms with E-state index >= 15 is 0 Å². The molecule has 0 bridgehead atoms. The minimum absolute atomic E-state index is 0.392. The van der Waals surface area contributed by atoms with Gasteiger partial charge in [0.05, 0.1) is 19.3 Å². The predicted molar refractivity (Wildman–Crippen MR) is 91.7 cm³/mol. The third kappa shape index (κ3) is 4.48. The molecule has 2 aromatic rings. The Morgan fingerprint density at radius 3 is 2.78 bits per heavy atom. The van der Waals surface area contributed by atoms with Crippen molar-refractivity contribution < 1.29 is 9.63 Å². The second-order valence-corrected chi connectivity index (χ2v) is 5.89. The van der Waals surface area contributed by atoms with Gasteiger partial charge in [-0.3, -0.25) is 9.63 Å². The molecule has 0 saturated heterocycles. The van der Waals surface area contributed by atoms with E-state index in [1.807, 2.05) is 6.07 Å². The molecule has 0 unspecified atom stereocenters. The molecular weight excluding hydrogens is 361 g/mol. The first kappa shape index (κ1) is 17.8. The van der Waals surface area contributed by atoms with Gasteiger partial charge in [0.15, 0.2) is 0 Å². The molecule has 0 aliphatic heterocycles. The summed E-state index contributed by atoms with van der Waals surface area (Å²) in [5.41, 5.74) is 4.38. The first-order valence-electron chi connectivity index (χ1n) is 6.60. The van der Waals surface area contributed by atoms with Crippen molar-refractivity contribution in [2.75, 3.05) is 7.11 Å². The standard InChI is InChI=1S/C15H14Cl3N3O2/c1-9-12(5-6-14(22)20-23-2)15(18)21(19-9)8-10-3-4-11(16)7-13(10)17/h3-7H,8H2,1-2H3,(H,20,22). The third-order valence-corrected chi connectivity index (χ3v) is 4.03. The van der Waals surface area contributed by atoms with E-state index in [1.54, 1.807) is 29.8 Å². The molecule has 23 heavy (non-hydrogen) atoms. The molecule has 0 fully saturated rings. The number of halogens is 3. The van der Waals surface area contributed by atoms with Crippen LogP contribution in [0.2, 0.25) is 15.2 Å². The van der Waals surface area contributed by atoms with E-state index < -0.39 is 5.91 Å². The Hall–Kier alpha value is -1.53. The van der Waals surface area contributed by atoms with E-state index in [0.717, 1.165) is 5.56 Å². The Labute approximate surface area is 148 Å². The van der Waals surface area contributed by atoms with Gasteiger partial charge < -0.3 is 0 Å². The van der Waals surface area contributed by atoms with Gasteiger partial charge in [-0.1, -0.05) is 40.9 Å². The number of aromatic nitrogens is 2. The zero-order valence-electron chi connectivity index (χ0n) is 12.4. The van der Waals surface area contributed by atoms with Gasteiger partial charge in [0.25, 0.3) is 5.91 Å². The molecule has 2 rings (SSSR count). The summed E-state index contributed by atoms with van der Waals surface area (Å²) in [6.45, 7) is 2.20. The van der Waals surface area contributed by atoms with Crippen molar-refractivity contribution in [3.05, 3.63) is 56.3 Å².